The summed E-state index contributed by atoms with van der Waals surface area (Å²) >= 11 is 0. The van der Waals surface area contributed by atoms with E-state index < -0.39 is 54.8 Å². The van der Waals surface area contributed by atoms with E-state index in [1.54, 1.807) is 19.1 Å². The van der Waals surface area contributed by atoms with Crippen LogP contribution in [0.15, 0.2) is 59.6 Å². The molecule has 1 aliphatic heterocycles. The van der Waals surface area contributed by atoms with Gasteiger partial charge in [-0.15, -0.1) is 0 Å². The zero-order valence-electron chi connectivity index (χ0n) is 22.3. The highest BCUT2D eigenvalue weighted by Crippen LogP contribution is 2.40. The van der Waals surface area contributed by atoms with E-state index in [4.69, 9.17) is 0 Å². The first-order chi connectivity index (χ1) is 18.9. The fraction of sp³-hybridized carbons (Fsp3) is 0.393. The third-order valence-electron chi connectivity index (χ3n) is 7.51. The van der Waals surface area contributed by atoms with Crippen LogP contribution in [0.1, 0.15) is 54.0 Å². The second-order valence-electron chi connectivity index (χ2n) is 10.5. The SMILES string of the molecule is Cc1cccc(-c2cc(C(F)(F)F)cnc2C(=O)N2CCC(C(C)(C)S(=O)(=O)c3cccc(C(F)(F)F)c3)CC2)n1. The minimum atomic E-state index is -4.71. The Kier molecular flexibility index (Phi) is 7.98. The third kappa shape index (κ3) is 6.09. The van der Waals surface area contributed by atoms with E-state index in [1.165, 1.54) is 24.8 Å². The Balaban J connectivity index is 1.58. The normalized spacial score (nSPS) is 15.7. The zero-order chi connectivity index (χ0) is 30.4. The van der Waals surface area contributed by atoms with Gasteiger partial charge >= 0.3 is 12.4 Å². The molecule has 13 heteroatoms. The molecular weight excluding hydrogens is 572 g/mol. The van der Waals surface area contributed by atoms with E-state index in [0.29, 0.717) is 18.0 Å². The van der Waals surface area contributed by atoms with Crippen molar-refractivity contribution < 1.29 is 39.6 Å². The smallest absolute Gasteiger partial charge is 0.337 e. The number of aromatic nitrogens is 2. The Labute approximate surface area is 233 Å². The number of hydrogen-bond donors (Lipinski definition) is 0. The fourth-order valence-corrected chi connectivity index (χ4v) is 6.79. The van der Waals surface area contributed by atoms with Crippen LogP contribution in [0.3, 0.4) is 0 Å². The first-order valence-corrected chi connectivity index (χ1v) is 14.1. The highest BCUT2D eigenvalue weighted by Gasteiger charge is 2.45. The quantitative estimate of drug-likeness (QED) is 0.309. The number of sulfone groups is 1. The number of piperidine rings is 1. The summed E-state index contributed by atoms with van der Waals surface area (Å²) in [5.74, 6) is -1.14. The van der Waals surface area contributed by atoms with Gasteiger partial charge in [-0.05, 0) is 75.9 Å². The summed E-state index contributed by atoms with van der Waals surface area (Å²) in [6.07, 6.45) is -8.40. The average Bonchev–Trinajstić information content (AvgIpc) is 2.91. The molecule has 0 atom stereocenters. The summed E-state index contributed by atoms with van der Waals surface area (Å²) < 4.78 is 105. The number of likely N-dealkylation sites (tertiary alicyclic amines) is 1. The molecule has 1 amide bonds. The number of pyridine rings is 2. The molecule has 6 nitrogen and oxygen atoms in total. The van der Waals surface area contributed by atoms with Crippen molar-refractivity contribution in [1.82, 2.24) is 14.9 Å². The first-order valence-electron chi connectivity index (χ1n) is 12.7. The molecule has 0 bridgehead atoms. The number of carbonyl (C=O) groups is 1. The van der Waals surface area contributed by atoms with Gasteiger partial charge in [0.15, 0.2) is 9.84 Å². The largest absolute Gasteiger partial charge is 0.417 e. The van der Waals surface area contributed by atoms with Crippen molar-refractivity contribution in [3.63, 3.8) is 0 Å². The predicted octanol–water partition coefficient (Wildman–Crippen LogP) is 6.59. The van der Waals surface area contributed by atoms with Gasteiger partial charge in [-0.2, -0.15) is 26.3 Å². The van der Waals surface area contributed by atoms with Gasteiger partial charge in [-0.25, -0.2) is 13.4 Å². The molecule has 0 spiro atoms. The van der Waals surface area contributed by atoms with Gasteiger partial charge in [-0.1, -0.05) is 12.1 Å². The fourth-order valence-electron chi connectivity index (χ4n) is 4.97. The monoisotopic (exact) mass is 599 g/mol. The standard InChI is InChI=1S/C28H27F6N3O3S/c1-17-6-4-9-23(36-17)22-15-20(28(32,33)34)16-35-24(22)25(38)37-12-10-18(11-13-37)26(2,3)41(39,40)21-8-5-7-19(14-21)27(29,30)31/h4-9,14-16,18H,10-13H2,1-3H3. The maximum atomic E-state index is 13.5. The minimum absolute atomic E-state index is 0.0778. The Morgan fingerprint density at radius 1 is 0.902 bits per heavy atom. The van der Waals surface area contributed by atoms with Crippen LogP contribution in [0.2, 0.25) is 0 Å². The van der Waals surface area contributed by atoms with Gasteiger partial charge in [0.1, 0.15) is 5.69 Å². The van der Waals surface area contributed by atoms with E-state index in [9.17, 15) is 39.6 Å². The molecule has 1 fully saturated rings. The maximum Gasteiger partial charge on any atom is 0.417 e. The number of carbonyl (C=O) groups excluding carboxylic acids is 1. The molecule has 0 radical (unpaired) electrons. The van der Waals surface area contributed by atoms with Gasteiger partial charge in [0, 0.05) is 30.5 Å². The first kappa shape index (κ1) is 30.5. The molecule has 1 aliphatic rings. The number of alkyl halides is 6. The van der Waals surface area contributed by atoms with Crippen LogP contribution >= 0.6 is 0 Å². The topological polar surface area (TPSA) is 80.2 Å². The summed E-state index contributed by atoms with van der Waals surface area (Å²) in [4.78, 5) is 22.5. The zero-order valence-corrected chi connectivity index (χ0v) is 23.2. The van der Waals surface area contributed by atoms with E-state index in [-0.39, 0.29) is 42.9 Å². The van der Waals surface area contributed by atoms with Crippen molar-refractivity contribution in [2.45, 2.75) is 55.6 Å². The number of halogens is 6. The molecule has 2 aromatic heterocycles. The lowest BCUT2D eigenvalue weighted by Crippen LogP contribution is -2.47. The van der Waals surface area contributed by atoms with Gasteiger partial charge in [-0.3, -0.25) is 9.78 Å². The Bertz CT molecular complexity index is 1560. The molecule has 4 rings (SSSR count). The molecule has 220 valence electrons. The lowest BCUT2D eigenvalue weighted by atomic mass is 9.85. The van der Waals surface area contributed by atoms with Crippen LogP contribution in [0.4, 0.5) is 26.3 Å². The van der Waals surface area contributed by atoms with Crippen molar-refractivity contribution in [2.75, 3.05) is 13.1 Å². The van der Waals surface area contributed by atoms with Crippen LogP contribution < -0.4 is 0 Å². The van der Waals surface area contributed by atoms with E-state index in [1.807, 2.05) is 0 Å². The number of nitrogens with zero attached hydrogens (tertiary/aromatic N) is 3. The molecule has 3 aromatic rings. The summed E-state index contributed by atoms with van der Waals surface area (Å²) in [6, 6.07) is 9.16. The highest BCUT2D eigenvalue weighted by atomic mass is 32.2. The number of rotatable bonds is 5. The van der Waals surface area contributed by atoms with Crippen molar-refractivity contribution in [3.05, 3.63) is 77.2 Å². The Hall–Kier alpha value is -3.48. The second kappa shape index (κ2) is 10.7. The number of amides is 1. The van der Waals surface area contributed by atoms with Crippen LogP contribution in [0, 0.1) is 12.8 Å². The minimum Gasteiger partial charge on any atom is -0.337 e. The van der Waals surface area contributed by atoms with E-state index >= 15 is 0 Å². The van der Waals surface area contributed by atoms with Crippen molar-refractivity contribution in [1.29, 1.82) is 0 Å². The average molecular weight is 600 g/mol. The molecule has 3 heterocycles. The number of hydrogen-bond acceptors (Lipinski definition) is 5. The Morgan fingerprint density at radius 3 is 2.10 bits per heavy atom. The molecule has 0 saturated carbocycles. The molecule has 0 unspecified atom stereocenters. The molecule has 0 aliphatic carbocycles. The van der Waals surface area contributed by atoms with Gasteiger partial charge in [0.2, 0.25) is 0 Å². The summed E-state index contributed by atoms with van der Waals surface area (Å²) in [6.45, 7) is 4.71. The molecule has 1 saturated heterocycles. The summed E-state index contributed by atoms with van der Waals surface area (Å²) in [7, 11) is -4.21. The lowest BCUT2D eigenvalue weighted by molar-refractivity contribution is -0.138. The second-order valence-corrected chi connectivity index (χ2v) is 13.0. The van der Waals surface area contributed by atoms with Gasteiger partial charge in [0.25, 0.3) is 5.91 Å². The van der Waals surface area contributed by atoms with Crippen LogP contribution in [-0.2, 0) is 22.2 Å². The lowest BCUT2D eigenvalue weighted by Gasteiger charge is -2.40. The molecular formula is C28H27F6N3O3S. The van der Waals surface area contributed by atoms with E-state index in [0.717, 1.165) is 24.3 Å². The van der Waals surface area contributed by atoms with Crippen molar-refractivity contribution >= 4 is 15.7 Å². The van der Waals surface area contributed by atoms with Crippen LogP contribution in [0.25, 0.3) is 11.3 Å². The van der Waals surface area contributed by atoms with Gasteiger partial charge < -0.3 is 4.90 Å². The van der Waals surface area contributed by atoms with Crippen molar-refractivity contribution in [3.8, 4) is 11.3 Å². The van der Waals surface area contributed by atoms with Crippen molar-refractivity contribution in [2.24, 2.45) is 5.92 Å². The third-order valence-corrected chi connectivity index (χ3v) is 10.1. The predicted molar refractivity (Wildman–Crippen MR) is 139 cm³/mol. The number of aryl methyl sites for hydroxylation is 1. The molecule has 41 heavy (non-hydrogen) atoms. The summed E-state index contributed by atoms with van der Waals surface area (Å²) in [5, 5.41) is 0. The van der Waals surface area contributed by atoms with Gasteiger partial charge in [0.05, 0.1) is 26.5 Å². The Morgan fingerprint density at radius 2 is 1.51 bits per heavy atom. The maximum absolute atomic E-state index is 13.5. The van der Waals surface area contributed by atoms with Crippen LogP contribution in [0.5, 0.6) is 0 Å². The van der Waals surface area contributed by atoms with E-state index in [2.05, 4.69) is 9.97 Å². The number of benzene rings is 1. The molecule has 1 aromatic carbocycles. The molecule has 0 N–H and O–H groups in total. The summed E-state index contributed by atoms with van der Waals surface area (Å²) in [5.41, 5.74) is -1.72. The highest BCUT2D eigenvalue weighted by molar-refractivity contribution is 7.92. The van der Waals surface area contributed by atoms with Crippen LogP contribution in [-0.4, -0.2) is 47.0 Å².